The predicted octanol–water partition coefficient (Wildman–Crippen LogP) is 2.68. The standard InChI is InChI=1S/C15H18N2O2/c1-2-18-14-5-3-4-6-15(14)19-10-8-12-11-17-9-7-13(12)16/h3-7,9,11H,2,8,10H2,1H3,(H2,16,17). The Morgan fingerprint density at radius 1 is 1.11 bits per heavy atom. The van der Waals surface area contributed by atoms with Crippen LogP contribution in [0.15, 0.2) is 42.7 Å². The summed E-state index contributed by atoms with van der Waals surface area (Å²) >= 11 is 0. The van der Waals surface area contributed by atoms with Gasteiger partial charge in [-0.15, -0.1) is 0 Å². The highest BCUT2D eigenvalue weighted by molar-refractivity contribution is 5.44. The number of pyridine rings is 1. The molecular weight excluding hydrogens is 240 g/mol. The number of hydrogen-bond donors (Lipinski definition) is 1. The van der Waals surface area contributed by atoms with Gasteiger partial charge in [-0.2, -0.15) is 0 Å². The molecular formula is C15H18N2O2. The number of rotatable bonds is 6. The van der Waals surface area contributed by atoms with Crippen LogP contribution in [0.2, 0.25) is 0 Å². The van der Waals surface area contributed by atoms with Gasteiger partial charge in [-0.25, -0.2) is 0 Å². The Morgan fingerprint density at radius 3 is 2.53 bits per heavy atom. The average Bonchev–Trinajstić information content (AvgIpc) is 2.43. The van der Waals surface area contributed by atoms with E-state index in [2.05, 4.69) is 4.98 Å². The van der Waals surface area contributed by atoms with Gasteiger partial charge in [0, 0.05) is 24.5 Å². The second kappa shape index (κ2) is 6.64. The average molecular weight is 258 g/mol. The molecule has 2 N–H and O–H groups in total. The van der Waals surface area contributed by atoms with Crippen LogP contribution in [-0.2, 0) is 6.42 Å². The van der Waals surface area contributed by atoms with E-state index < -0.39 is 0 Å². The topological polar surface area (TPSA) is 57.4 Å². The fourth-order valence-electron chi connectivity index (χ4n) is 1.76. The van der Waals surface area contributed by atoms with Gasteiger partial charge >= 0.3 is 0 Å². The van der Waals surface area contributed by atoms with Crippen molar-refractivity contribution in [2.24, 2.45) is 0 Å². The van der Waals surface area contributed by atoms with Crippen molar-refractivity contribution in [3.63, 3.8) is 0 Å². The summed E-state index contributed by atoms with van der Waals surface area (Å²) in [6, 6.07) is 9.45. The Balaban J connectivity index is 1.94. The first kappa shape index (κ1) is 13.2. The van der Waals surface area contributed by atoms with Crippen LogP contribution in [0, 0.1) is 0 Å². The van der Waals surface area contributed by atoms with Gasteiger partial charge in [0.25, 0.3) is 0 Å². The first-order valence-corrected chi connectivity index (χ1v) is 6.34. The van der Waals surface area contributed by atoms with Gasteiger partial charge in [0.2, 0.25) is 0 Å². The Labute approximate surface area is 113 Å². The number of aromatic nitrogens is 1. The Hall–Kier alpha value is -2.23. The summed E-state index contributed by atoms with van der Waals surface area (Å²) in [7, 11) is 0. The quantitative estimate of drug-likeness (QED) is 0.865. The molecule has 0 aliphatic carbocycles. The molecule has 0 spiro atoms. The van der Waals surface area contributed by atoms with Crippen LogP contribution in [0.1, 0.15) is 12.5 Å². The van der Waals surface area contributed by atoms with E-state index in [1.165, 1.54) is 0 Å². The molecule has 0 radical (unpaired) electrons. The number of anilines is 1. The number of nitrogen functional groups attached to an aromatic ring is 1. The van der Waals surface area contributed by atoms with Crippen molar-refractivity contribution in [3.8, 4) is 11.5 Å². The first-order chi connectivity index (χ1) is 9.31. The molecule has 1 heterocycles. The third-order valence-electron chi connectivity index (χ3n) is 2.72. The molecule has 0 amide bonds. The molecule has 0 aliphatic heterocycles. The number of nitrogens with two attached hydrogens (primary N) is 1. The fourth-order valence-corrected chi connectivity index (χ4v) is 1.76. The summed E-state index contributed by atoms with van der Waals surface area (Å²) < 4.78 is 11.2. The molecule has 0 aliphatic rings. The third-order valence-corrected chi connectivity index (χ3v) is 2.72. The van der Waals surface area contributed by atoms with Crippen molar-refractivity contribution in [2.75, 3.05) is 18.9 Å². The van der Waals surface area contributed by atoms with E-state index in [1.807, 2.05) is 31.2 Å². The molecule has 0 saturated heterocycles. The maximum absolute atomic E-state index is 5.86. The zero-order valence-electron chi connectivity index (χ0n) is 11.0. The summed E-state index contributed by atoms with van der Waals surface area (Å²) in [5, 5.41) is 0. The molecule has 19 heavy (non-hydrogen) atoms. The van der Waals surface area contributed by atoms with Crippen LogP contribution in [-0.4, -0.2) is 18.2 Å². The van der Waals surface area contributed by atoms with Gasteiger partial charge in [-0.3, -0.25) is 4.98 Å². The Bertz CT molecular complexity index is 529. The lowest BCUT2D eigenvalue weighted by Crippen LogP contribution is -2.05. The summed E-state index contributed by atoms with van der Waals surface area (Å²) in [6.07, 6.45) is 4.18. The summed E-state index contributed by atoms with van der Waals surface area (Å²) in [6.45, 7) is 3.11. The van der Waals surface area contributed by atoms with Crippen molar-refractivity contribution < 1.29 is 9.47 Å². The van der Waals surface area contributed by atoms with Crippen LogP contribution in [0.4, 0.5) is 5.69 Å². The molecule has 0 atom stereocenters. The molecule has 4 nitrogen and oxygen atoms in total. The smallest absolute Gasteiger partial charge is 0.161 e. The zero-order valence-corrected chi connectivity index (χ0v) is 11.0. The minimum absolute atomic E-state index is 0.542. The molecule has 0 saturated carbocycles. The predicted molar refractivity (Wildman–Crippen MR) is 75.5 cm³/mol. The number of benzene rings is 1. The highest BCUT2D eigenvalue weighted by atomic mass is 16.5. The van der Waals surface area contributed by atoms with Crippen molar-refractivity contribution in [3.05, 3.63) is 48.3 Å². The van der Waals surface area contributed by atoms with E-state index in [0.717, 1.165) is 29.2 Å². The van der Waals surface area contributed by atoms with Crippen LogP contribution in [0.25, 0.3) is 0 Å². The van der Waals surface area contributed by atoms with Gasteiger partial charge in [0.1, 0.15) is 0 Å². The lowest BCUT2D eigenvalue weighted by atomic mass is 10.2. The second-order valence-electron chi connectivity index (χ2n) is 4.05. The molecule has 1 aromatic carbocycles. The molecule has 1 aromatic heterocycles. The highest BCUT2D eigenvalue weighted by Gasteiger charge is 2.04. The normalized spacial score (nSPS) is 10.2. The highest BCUT2D eigenvalue weighted by Crippen LogP contribution is 2.26. The monoisotopic (exact) mass is 258 g/mol. The molecule has 2 rings (SSSR count). The van der Waals surface area contributed by atoms with E-state index in [1.54, 1.807) is 18.5 Å². The third kappa shape index (κ3) is 3.61. The number of hydrogen-bond acceptors (Lipinski definition) is 4. The van der Waals surface area contributed by atoms with Crippen LogP contribution in [0.5, 0.6) is 11.5 Å². The van der Waals surface area contributed by atoms with Crippen molar-refractivity contribution in [1.29, 1.82) is 0 Å². The van der Waals surface area contributed by atoms with Crippen LogP contribution in [0.3, 0.4) is 0 Å². The largest absolute Gasteiger partial charge is 0.490 e. The summed E-state index contributed by atoms with van der Waals surface area (Å²) in [5.41, 5.74) is 7.60. The number of ether oxygens (including phenoxy) is 2. The molecule has 0 bridgehead atoms. The van der Waals surface area contributed by atoms with E-state index in [-0.39, 0.29) is 0 Å². The Kier molecular flexibility index (Phi) is 4.61. The van der Waals surface area contributed by atoms with Crippen molar-refractivity contribution >= 4 is 5.69 Å². The van der Waals surface area contributed by atoms with Crippen LogP contribution < -0.4 is 15.2 Å². The molecule has 100 valence electrons. The minimum Gasteiger partial charge on any atom is -0.490 e. The summed E-state index contributed by atoms with van der Waals surface area (Å²) in [4.78, 5) is 4.06. The maximum Gasteiger partial charge on any atom is 0.161 e. The lowest BCUT2D eigenvalue weighted by Gasteiger charge is -2.11. The van der Waals surface area contributed by atoms with Crippen molar-refractivity contribution in [2.45, 2.75) is 13.3 Å². The molecule has 0 unspecified atom stereocenters. The number of para-hydroxylation sites is 2. The maximum atomic E-state index is 5.86. The van der Waals surface area contributed by atoms with Gasteiger partial charge in [-0.05, 0) is 30.7 Å². The lowest BCUT2D eigenvalue weighted by molar-refractivity contribution is 0.279. The second-order valence-corrected chi connectivity index (χ2v) is 4.05. The fraction of sp³-hybridized carbons (Fsp3) is 0.267. The van der Waals surface area contributed by atoms with Gasteiger partial charge in [-0.1, -0.05) is 12.1 Å². The minimum atomic E-state index is 0.542. The van der Waals surface area contributed by atoms with Gasteiger partial charge in [0.05, 0.1) is 13.2 Å². The molecule has 2 aromatic rings. The zero-order chi connectivity index (χ0) is 13.5. The first-order valence-electron chi connectivity index (χ1n) is 6.34. The Morgan fingerprint density at radius 2 is 1.84 bits per heavy atom. The van der Waals surface area contributed by atoms with E-state index in [0.29, 0.717) is 13.2 Å². The molecule has 4 heteroatoms. The van der Waals surface area contributed by atoms with E-state index >= 15 is 0 Å². The SMILES string of the molecule is CCOc1ccccc1OCCc1cnccc1N. The van der Waals surface area contributed by atoms with Crippen LogP contribution >= 0.6 is 0 Å². The van der Waals surface area contributed by atoms with E-state index in [9.17, 15) is 0 Å². The van der Waals surface area contributed by atoms with Gasteiger partial charge in [0.15, 0.2) is 11.5 Å². The summed E-state index contributed by atoms with van der Waals surface area (Å²) in [5.74, 6) is 1.52. The van der Waals surface area contributed by atoms with E-state index in [4.69, 9.17) is 15.2 Å². The van der Waals surface area contributed by atoms with Crippen molar-refractivity contribution in [1.82, 2.24) is 4.98 Å². The van der Waals surface area contributed by atoms with Gasteiger partial charge < -0.3 is 15.2 Å². The number of nitrogens with zero attached hydrogens (tertiary/aromatic N) is 1. The molecule has 0 fully saturated rings.